The molecule has 2 atom stereocenters. The molecular weight excluding hydrogens is 415 g/mol. The lowest BCUT2D eigenvalue weighted by atomic mass is 9.97. The SMILES string of the molecule is CCOC(=O)C1CCN(C(=O)CCN2C=CN3NC(c4ccc(F)cc4)CC3C2=O)CC1. The summed E-state index contributed by atoms with van der Waals surface area (Å²) in [5.74, 6) is -0.678. The highest BCUT2D eigenvalue weighted by Crippen LogP contribution is 2.31. The van der Waals surface area contributed by atoms with Gasteiger partial charge in [-0.1, -0.05) is 12.1 Å². The van der Waals surface area contributed by atoms with Gasteiger partial charge in [0.05, 0.1) is 18.6 Å². The number of ether oxygens (including phenoxy) is 1. The highest BCUT2D eigenvalue weighted by atomic mass is 19.1. The number of fused-ring (bicyclic) bond motifs is 1. The van der Waals surface area contributed by atoms with E-state index in [-0.39, 0.29) is 48.0 Å². The number of piperidine rings is 1. The molecule has 2 saturated heterocycles. The number of nitrogens with zero attached hydrogens (tertiary/aromatic N) is 3. The van der Waals surface area contributed by atoms with Gasteiger partial charge in [0.15, 0.2) is 0 Å². The number of esters is 1. The van der Waals surface area contributed by atoms with Crippen molar-refractivity contribution in [3.8, 4) is 0 Å². The van der Waals surface area contributed by atoms with Crippen molar-refractivity contribution in [2.24, 2.45) is 5.92 Å². The Morgan fingerprint density at radius 2 is 1.88 bits per heavy atom. The molecule has 0 bridgehead atoms. The molecule has 0 aromatic heterocycles. The van der Waals surface area contributed by atoms with Crippen LogP contribution in [0.25, 0.3) is 0 Å². The van der Waals surface area contributed by atoms with Gasteiger partial charge in [0.1, 0.15) is 11.9 Å². The molecule has 8 nitrogen and oxygen atoms in total. The maximum Gasteiger partial charge on any atom is 0.309 e. The van der Waals surface area contributed by atoms with Crippen molar-refractivity contribution in [1.82, 2.24) is 20.2 Å². The molecule has 172 valence electrons. The van der Waals surface area contributed by atoms with E-state index in [4.69, 9.17) is 4.74 Å². The molecule has 4 rings (SSSR count). The van der Waals surface area contributed by atoms with Crippen LogP contribution >= 0.6 is 0 Å². The second-order valence-corrected chi connectivity index (χ2v) is 8.38. The zero-order valence-corrected chi connectivity index (χ0v) is 18.2. The van der Waals surface area contributed by atoms with Gasteiger partial charge in [-0.05, 0) is 43.9 Å². The topological polar surface area (TPSA) is 82.2 Å². The Morgan fingerprint density at radius 1 is 1.16 bits per heavy atom. The molecule has 3 heterocycles. The second-order valence-electron chi connectivity index (χ2n) is 8.38. The summed E-state index contributed by atoms with van der Waals surface area (Å²) in [7, 11) is 0. The van der Waals surface area contributed by atoms with Gasteiger partial charge in [0.2, 0.25) is 5.91 Å². The Balaban J connectivity index is 1.26. The van der Waals surface area contributed by atoms with E-state index < -0.39 is 0 Å². The van der Waals surface area contributed by atoms with Crippen molar-refractivity contribution in [2.75, 3.05) is 26.2 Å². The predicted molar refractivity (Wildman–Crippen MR) is 114 cm³/mol. The number of hydrazine groups is 1. The Morgan fingerprint density at radius 3 is 2.56 bits per heavy atom. The Bertz CT molecular complexity index is 882. The van der Waals surface area contributed by atoms with Crippen LogP contribution in [0.5, 0.6) is 0 Å². The molecule has 0 saturated carbocycles. The Hall–Kier alpha value is -2.94. The number of halogens is 1. The molecule has 3 aliphatic heterocycles. The second kappa shape index (κ2) is 9.68. The van der Waals surface area contributed by atoms with Crippen LogP contribution in [0, 0.1) is 11.7 Å². The van der Waals surface area contributed by atoms with E-state index in [1.165, 1.54) is 12.1 Å². The fourth-order valence-corrected chi connectivity index (χ4v) is 4.53. The number of benzene rings is 1. The maximum absolute atomic E-state index is 13.2. The zero-order valence-electron chi connectivity index (χ0n) is 18.2. The first kappa shape index (κ1) is 22.3. The van der Waals surface area contributed by atoms with E-state index in [2.05, 4.69) is 5.43 Å². The smallest absolute Gasteiger partial charge is 0.309 e. The molecule has 2 amide bonds. The third kappa shape index (κ3) is 4.77. The molecule has 2 unspecified atom stereocenters. The number of amides is 2. The van der Waals surface area contributed by atoms with Crippen LogP contribution in [0.2, 0.25) is 0 Å². The van der Waals surface area contributed by atoms with E-state index in [0.29, 0.717) is 45.5 Å². The van der Waals surface area contributed by atoms with Crippen LogP contribution in [0.1, 0.15) is 44.2 Å². The van der Waals surface area contributed by atoms with Crippen LogP contribution in [-0.2, 0) is 19.1 Å². The summed E-state index contributed by atoms with van der Waals surface area (Å²) in [5.41, 5.74) is 4.21. The van der Waals surface area contributed by atoms with E-state index in [1.54, 1.807) is 40.1 Å². The average molecular weight is 445 g/mol. The summed E-state index contributed by atoms with van der Waals surface area (Å²) in [5, 5.41) is 1.79. The van der Waals surface area contributed by atoms with Crippen molar-refractivity contribution in [2.45, 2.75) is 44.7 Å². The molecule has 0 radical (unpaired) electrons. The molecule has 2 fully saturated rings. The van der Waals surface area contributed by atoms with E-state index in [0.717, 1.165) is 5.56 Å². The summed E-state index contributed by atoms with van der Waals surface area (Å²) in [6, 6.07) is 5.85. The van der Waals surface area contributed by atoms with E-state index in [9.17, 15) is 18.8 Å². The normalized spacial score (nSPS) is 23.4. The highest BCUT2D eigenvalue weighted by Gasteiger charge is 2.40. The number of carbonyl (C=O) groups excluding carboxylic acids is 3. The van der Waals surface area contributed by atoms with Crippen LogP contribution in [-0.4, -0.2) is 64.9 Å². The molecule has 1 N–H and O–H groups in total. The van der Waals surface area contributed by atoms with Crippen molar-refractivity contribution < 1.29 is 23.5 Å². The summed E-state index contributed by atoms with van der Waals surface area (Å²) >= 11 is 0. The van der Waals surface area contributed by atoms with E-state index in [1.807, 2.05) is 6.20 Å². The minimum absolute atomic E-state index is 0.00956. The quantitative estimate of drug-likeness (QED) is 0.676. The number of hydrogen-bond donors (Lipinski definition) is 1. The fraction of sp³-hybridized carbons (Fsp3) is 0.522. The lowest BCUT2D eigenvalue weighted by Gasteiger charge is -2.33. The number of likely N-dealkylation sites (tertiary alicyclic amines) is 1. The summed E-state index contributed by atoms with van der Waals surface area (Å²) in [6.07, 6.45) is 5.54. The first-order chi connectivity index (χ1) is 15.5. The van der Waals surface area contributed by atoms with Crippen LogP contribution in [0.15, 0.2) is 36.7 Å². The van der Waals surface area contributed by atoms with E-state index >= 15 is 0 Å². The predicted octanol–water partition coefficient (Wildman–Crippen LogP) is 1.95. The Kier molecular flexibility index (Phi) is 6.74. The summed E-state index contributed by atoms with van der Waals surface area (Å²) in [4.78, 5) is 40.8. The number of hydrogen-bond acceptors (Lipinski definition) is 6. The zero-order chi connectivity index (χ0) is 22.7. The van der Waals surface area contributed by atoms with Crippen LogP contribution < -0.4 is 5.43 Å². The largest absolute Gasteiger partial charge is 0.466 e. The highest BCUT2D eigenvalue weighted by molar-refractivity contribution is 5.85. The average Bonchev–Trinajstić information content (AvgIpc) is 3.24. The number of carbonyl (C=O) groups is 3. The van der Waals surface area contributed by atoms with Gasteiger partial charge < -0.3 is 19.5 Å². The first-order valence-corrected chi connectivity index (χ1v) is 11.2. The van der Waals surface area contributed by atoms with Crippen molar-refractivity contribution in [3.63, 3.8) is 0 Å². The lowest BCUT2D eigenvalue weighted by Crippen LogP contribution is -2.49. The molecule has 1 aromatic rings. The van der Waals surface area contributed by atoms with Gasteiger partial charge in [0, 0.05) is 38.5 Å². The first-order valence-electron chi connectivity index (χ1n) is 11.2. The molecule has 32 heavy (non-hydrogen) atoms. The third-order valence-corrected chi connectivity index (χ3v) is 6.38. The lowest BCUT2D eigenvalue weighted by molar-refractivity contribution is -0.151. The van der Waals surface area contributed by atoms with Gasteiger partial charge in [-0.3, -0.25) is 14.4 Å². The molecular formula is C23H29FN4O4. The van der Waals surface area contributed by atoms with Gasteiger partial charge in [-0.15, -0.1) is 0 Å². The summed E-state index contributed by atoms with van der Waals surface area (Å²) in [6.45, 7) is 3.54. The number of nitrogens with one attached hydrogen (secondary N) is 1. The minimum Gasteiger partial charge on any atom is -0.466 e. The number of rotatable bonds is 6. The fourth-order valence-electron chi connectivity index (χ4n) is 4.53. The van der Waals surface area contributed by atoms with Gasteiger partial charge in [0.25, 0.3) is 5.91 Å². The summed E-state index contributed by atoms with van der Waals surface area (Å²) < 4.78 is 18.3. The molecule has 0 aliphatic carbocycles. The molecule has 1 aromatic carbocycles. The van der Waals surface area contributed by atoms with Crippen molar-refractivity contribution >= 4 is 17.8 Å². The van der Waals surface area contributed by atoms with Crippen LogP contribution in [0.4, 0.5) is 4.39 Å². The van der Waals surface area contributed by atoms with Gasteiger partial charge in [-0.25, -0.2) is 9.82 Å². The third-order valence-electron chi connectivity index (χ3n) is 6.38. The Labute approximate surface area is 186 Å². The van der Waals surface area contributed by atoms with Gasteiger partial charge >= 0.3 is 5.97 Å². The minimum atomic E-state index is -0.356. The van der Waals surface area contributed by atoms with Gasteiger partial charge in [-0.2, -0.15) is 0 Å². The van der Waals surface area contributed by atoms with Crippen molar-refractivity contribution in [1.29, 1.82) is 0 Å². The monoisotopic (exact) mass is 444 g/mol. The molecule has 9 heteroatoms. The molecule has 0 spiro atoms. The maximum atomic E-state index is 13.2. The van der Waals surface area contributed by atoms with Crippen LogP contribution in [0.3, 0.4) is 0 Å². The standard InChI is InChI=1S/C23H29FN4O4/c1-2-32-23(31)17-7-10-26(11-8-17)21(29)9-12-27-13-14-28-20(22(27)30)15-19(25-28)16-3-5-18(24)6-4-16/h3-6,13-14,17,19-20,25H,2,7-12,15H2,1H3. The molecule has 3 aliphatic rings. The van der Waals surface area contributed by atoms with Crippen molar-refractivity contribution in [3.05, 3.63) is 48.0 Å².